The van der Waals surface area contributed by atoms with Crippen LogP contribution in [0.2, 0.25) is 0 Å². The van der Waals surface area contributed by atoms with Crippen LogP contribution in [0.3, 0.4) is 0 Å². The largest absolute Gasteiger partial charge is 0.363 e. The lowest BCUT2D eigenvalue weighted by Gasteiger charge is -2.41. The molecule has 0 aliphatic heterocycles. The van der Waals surface area contributed by atoms with Gasteiger partial charge in [-0.05, 0) is 56.6 Å². The van der Waals surface area contributed by atoms with Gasteiger partial charge in [0.25, 0.3) is 0 Å². The average molecular weight is 313 g/mol. The second kappa shape index (κ2) is 9.07. The molecule has 0 spiro atoms. The number of aliphatic imine (C=N–C) groups is 1. The normalized spacial score (nSPS) is 31.0. The van der Waals surface area contributed by atoms with Crippen molar-refractivity contribution in [2.24, 2.45) is 28.7 Å². The van der Waals surface area contributed by atoms with Crippen LogP contribution in [0.25, 0.3) is 0 Å². The lowest BCUT2D eigenvalue weighted by Crippen LogP contribution is -2.39. The summed E-state index contributed by atoms with van der Waals surface area (Å²) in [5.74, 6) is 3.22. The molecule has 2 atom stereocenters. The first-order valence-electron chi connectivity index (χ1n) is 8.81. The maximum absolute atomic E-state index is 5.16. The van der Waals surface area contributed by atoms with Crippen molar-refractivity contribution in [2.75, 3.05) is 6.26 Å². The van der Waals surface area contributed by atoms with Crippen LogP contribution >= 0.6 is 11.8 Å². The molecule has 21 heavy (non-hydrogen) atoms. The summed E-state index contributed by atoms with van der Waals surface area (Å²) in [5.41, 5.74) is 0. The van der Waals surface area contributed by atoms with Crippen molar-refractivity contribution in [3.8, 4) is 0 Å². The summed E-state index contributed by atoms with van der Waals surface area (Å²) in [6.07, 6.45) is 7.38. The molecule has 124 valence electrons. The predicted molar refractivity (Wildman–Crippen MR) is 98.1 cm³/mol. The zero-order valence-corrected chi connectivity index (χ0v) is 16.0. The molecule has 1 N–H and O–H groups in total. The Morgan fingerprint density at radius 2 is 1.62 bits per heavy atom. The van der Waals surface area contributed by atoms with Gasteiger partial charge in [0.05, 0.1) is 6.04 Å². The minimum Gasteiger partial charge on any atom is -0.363 e. The number of nitrogens with zero attached hydrogens (tertiary/aromatic N) is 1. The van der Waals surface area contributed by atoms with Gasteiger partial charge in [-0.15, -0.1) is 0 Å². The molecule has 1 aliphatic carbocycles. The zero-order chi connectivity index (χ0) is 16.0. The first-order chi connectivity index (χ1) is 9.92. The Hall–Kier alpha value is -0.180. The number of thioether (sulfide) groups is 1. The Bertz CT molecular complexity index is 311. The zero-order valence-electron chi connectivity index (χ0n) is 15.1. The maximum atomic E-state index is 5.16. The highest BCUT2D eigenvalue weighted by atomic mass is 32.2. The summed E-state index contributed by atoms with van der Waals surface area (Å²) < 4.78 is 0. The van der Waals surface area contributed by atoms with Gasteiger partial charge in [0.1, 0.15) is 0 Å². The molecule has 1 rings (SSSR count). The van der Waals surface area contributed by atoms with Gasteiger partial charge in [-0.1, -0.05) is 52.3 Å². The SMILES string of the molecule is CCC1CC(C(C)C)CC(CC)C1N=C(NC(C)C)SC. The highest BCUT2D eigenvalue weighted by Crippen LogP contribution is 2.42. The van der Waals surface area contributed by atoms with Crippen molar-refractivity contribution in [3.05, 3.63) is 0 Å². The molecule has 1 aliphatic rings. The van der Waals surface area contributed by atoms with Gasteiger partial charge >= 0.3 is 0 Å². The van der Waals surface area contributed by atoms with E-state index in [1.54, 1.807) is 11.8 Å². The van der Waals surface area contributed by atoms with E-state index >= 15 is 0 Å². The Kier molecular flexibility index (Phi) is 8.15. The molecule has 1 saturated carbocycles. The van der Waals surface area contributed by atoms with Gasteiger partial charge in [0.2, 0.25) is 0 Å². The minimum atomic E-state index is 0.461. The number of hydrogen-bond acceptors (Lipinski definition) is 2. The quantitative estimate of drug-likeness (QED) is 0.558. The molecule has 2 unspecified atom stereocenters. The average Bonchev–Trinajstić information content (AvgIpc) is 2.45. The van der Waals surface area contributed by atoms with Crippen molar-refractivity contribution in [2.45, 2.75) is 79.3 Å². The topological polar surface area (TPSA) is 24.4 Å². The molecule has 2 nitrogen and oxygen atoms in total. The fourth-order valence-electron chi connectivity index (χ4n) is 3.64. The Morgan fingerprint density at radius 3 is 1.95 bits per heavy atom. The van der Waals surface area contributed by atoms with Crippen molar-refractivity contribution < 1.29 is 0 Å². The molecule has 3 heteroatoms. The van der Waals surface area contributed by atoms with Crippen LogP contribution in [0.1, 0.15) is 67.2 Å². The Balaban J connectivity index is 2.92. The van der Waals surface area contributed by atoms with Crippen molar-refractivity contribution in [3.63, 3.8) is 0 Å². The van der Waals surface area contributed by atoms with Crippen LogP contribution in [-0.2, 0) is 0 Å². The van der Waals surface area contributed by atoms with Crippen LogP contribution in [-0.4, -0.2) is 23.5 Å². The smallest absolute Gasteiger partial charge is 0.156 e. The summed E-state index contributed by atoms with van der Waals surface area (Å²) in [4.78, 5) is 5.16. The summed E-state index contributed by atoms with van der Waals surface area (Å²) >= 11 is 1.76. The third kappa shape index (κ3) is 5.50. The molecule has 1 fully saturated rings. The third-order valence-corrected chi connectivity index (χ3v) is 5.65. The molecular weight excluding hydrogens is 276 g/mol. The molecule has 0 amide bonds. The fourth-order valence-corrected chi connectivity index (χ4v) is 4.22. The van der Waals surface area contributed by atoms with E-state index in [1.165, 1.54) is 25.7 Å². The van der Waals surface area contributed by atoms with Crippen LogP contribution < -0.4 is 5.32 Å². The standard InChI is InChI=1S/C18H36N2S/c1-8-14-10-16(12(3)4)11-15(9-2)17(14)20-18(21-7)19-13(5)6/h12-17H,8-11H2,1-7H3,(H,19,20). The van der Waals surface area contributed by atoms with E-state index in [-0.39, 0.29) is 0 Å². The molecular formula is C18H36N2S. The van der Waals surface area contributed by atoms with Crippen LogP contribution in [0.5, 0.6) is 0 Å². The summed E-state index contributed by atoms with van der Waals surface area (Å²) in [7, 11) is 0. The Morgan fingerprint density at radius 1 is 1.10 bits per heavy atom. The molecule has 0 radical (unpaired) electrons. The number of nitrogens with one attached hydrogen (secondary N) is 1. The number of amidine groups is 1. The van der Waals surface area contributed by atoms with Crippen molar-refractivity contribution >= 4 is 16.9 Å². The predicted octanol–water partition coefficient (Wildman–Crippen LogP) is 5.19. The van der Waals surface area contributed by atoms with Gasteiger partial charge in [-0.2, -0.15) is 0 Å². The second-order valence-corrected chi connectivity index (χ2v) is 8.04. The highest BCUT2D eigenvalue weighted by Gasteiger charge is 2.37. The van der Waals surface area contributed by atoms with E-state index in [4.69, 9.17) is 4.99 Å². The maximum Gasteiger partial charge on any atom is 0.156 e. The van der Waals surface area contributed by atoms with E-state index in [9.17, 15) is 0 Å². The number of hydrogen-bond donors (Lipinski definition) is 1. The molecule has 0 bridgehead atoms. The van der Waals surface area contributed by atoms with E-state index in [1.807, 2.05) is 0 Å². The number of rotatable bonds is 5. The molecule has 0 aromatic carbocycles. The van der Waals surface area contributed by atoms with Crippen LogP contribution in [0, 0.1) is 23.7 Å². The van der Waals surface area contributed by atoms with Crippen molar-refractivity contribution in [1.82, 2.24) is 5.32 Å². The van der Waals surface area contributed by atoms with E-state index in [2.05, 4.69) is 53.1 Å². The monoisotopic (exact) mass is 312 g/mol. The summed E-state index contributed by atoms with van der Waals surface area (Å²) in [6.45, 7) is 13.9. The van der Waals surface area contributed by atoms with E-state index in [0.717, 1.165) is 28.8 Å². The molecule has 0 aromatic rings. The minimum absolute atomic E-state index is 0.461. The van der Waals surface area contributed by atoms with E-state index < -0.39 is 0 Å². The lowest BCUT2D eigenvalue weighted by molar-refractivity contribution is 0.125. The van der Waals surface area contributed by atoms with Gasteiger partial charge < -0.3 is 5.32 Å². The van der Waals surface area contributed by atoms with Crippen LogP contribution in [0.4, 0.5) is 0 Å². The molecule has 0 saturated heterocycles. The second-order valence-electron chi connectivity index (χ2n) is 7.24. The highest BCUT2D eigenvalue weighted by molar-refractivity contribution is 8.13. The van der Waals surface area contributed by atoms with Gasteiger partial charge in [-0.25, -0.2) is 0 Å². The molecule has 0 heterocycles. The Labute approximate surface area is 137 Å². The van der Waals surface area contributed by atoms with Gasteiger partial charge in [-0.3, -0.25) is 4.99 Å². The molecule has 0 aromatic heterocycles. The van der Waals surface area contributed by atoms with E-state index in [0.29, 0.717) is 12.1 Å². The first-order valence-corrected chi connectivity index (χ1v) is 10.0. The lowest BCUT2D eigenvalue weighted by atomic mass is 9.67. The van der Waals surface area contributed by atoms with Gasteiger partial charge in [0, 0.05) is 6.04 Å². The van der Waals surface area contributed by atoms with Crippen LogP contribution in [0.15, 0.2) is 4.99 Å². The van der Waals surface area contributed by atoms with Gasteiger partial charge in [0.15, 0.2) is 5.17 Å². The van der Waals surface area contributed by atoms with Crippen molar-refractivity contribution in [1.29, 1.82) is 0 Å². The first kappa shape index (κ1) is 18.9. The summed E-state index contributed by atoms with van der Waals surface area (Å²) in [6, 6.07) is 0.979. The summed E-state index contributed by atoms with van der Waals surface area (Å²) in [5, 5.41) is 4.65. The fraction of sp³-hybridized carbons (Fsp3) is 0.944. The third-order valence-electron chi connectivity index (χ3n) is 5.04.